The number of hydrogen-bond donors (Lipinski definition) is 1. The van der Waals surface area contributed by atoms with E-state index in [0.717, 1.165) is 66.0 Å². The fraction of sp³-hybridized carbons (Fsp3) is 0.286. The molecule has 1 aromatic carbocycles. The van der Waals surface area contributed by atoms with E-state index >= 15 is 0 Å². The molecule has 3 aliphatic rings. The SMILES string of the molecule is O=C1C=C(N2CCOCC2)CC2=C1CC=C2c1cc(Br)c2cc[nH]c2c1. The van der Waals surface area contributed by atoms with Crippen LogP contribution >= 0.6 is 15.9 Å². The number of hydrogen-bond acceptors (Lipinski definition) is 3. The molecule has 0 radical (unpaired) electrons. The van der Waals surface area contributed by atoms with Gasteiger partial charge in [0, 0.05) is 58.4 Å². The average molecular weight is 411 g/mol. The number of allylic oxidation sites excluding steroid dienone is 5. The maximum Gasteiger partial charge on any atom is 0.184 e. The number of ketones is 1. The second-order valence-corrected chi connectivity index (χ2v) is 7.81. The van der Waals surface area contributed by atoms with Crippen LogP contribution in [0.15, 0.2) is 57.9 Å². The average Bonchev–Trinajstić information content (AvgIpc) is 3.29. The van der Waals surface area contributed by atoms with Crippen LogP contribution in [0.4, 0.5) is 0 Å². The number of nitrogens with zero attached hydrogens (tertiary/aromatic N) is 1. The lowest BCUT2D eigenvalue weighted by Gasteiger charge is -2.33. The van der Waals surface area contributed by atoms with Crippen molar-refractivity contribution in [3.8, 4) is 0 Å². The quantitative estimate of drug-likeness (QED) is 0.806. The lowest BCUT2D eigenvalue weighted by atomic mass is 9.89. The highest BCUT2D eigenvalue weighted by molar-refractivity contribution is 9.10. The Hall–Kier alpha value is -2.11. The highest BCUT2D eigenvalue weighted by Crippen LogP contribution is 2.42. The second kappa shape index (κ2) is 6.25. The first kappa shape index (κ1) is 16.1. The Bertz CT molecular complexity index is 1010. The maximum atomic E-state index is 12.7. The molecule has 1 aromatic heterocycles. The third-order valence-corrected chi connectivity index (χ3v) is 6.16. The second-order valence-electron chi connectivity index (χ2n) is 6.95. The van der Waals surface area contributed by atoms with Gasteiger partial charge in [-0.25, -0.2) is 0 Å². The number of carbonyl (C=O) groups is 1. The number of fused-ring (bicyclic) bond motifs is 1. The fourth-order valence-corrected chi connectivity index (χ4v) is 4.75. The molecular weight excluding hydrogens is 392 g/mol. The molecule has 132 valence electrons. The number of ether oxygens (including phenoxy) is 1. The first-order chi connectivity index (χ1) is 12.7. The molecule has 5 heteroatoms. The standard InChI is InChI=1S/C21H19BrN2O2/c22-19-9-13(10-20-17(19)3-4-23-20)15-1-2-16-18(15)11-14(12-21(16)25)24-5-7-26-8-6-24/h1,3-4,9-10,12,23H,2,5-8,11H2. The van der Waals surface area contributed by atoms with Gasteiger partial charge in [-0.3, -0.25) is 4.79 Å². The monoisotopic (exact) mass is 410 g/mol. The van der Waals surface area contributed by atoms with Crippen LogP contribution in [0, 0.1) is 0 Å². The van der Waals surface area contributed by atoms with E-state index in [9.17, 15) is 4.79 Å². The third-order valence-electron chi connectivity index (χ3n) is 5.50. The van der Waals surface area contributed by atoms with Crippen LogP contribution < -0.4 is 0 Å². The fourth-order valence-electron chi connectivity index (χ4n) is 4.16. The van der Waals surface area contributed by atoms with Crippen LogP contribution in [-0.4, -0.2) is 42.0 Å². The van der Waals surface area contributed by atoms with Crippen molar-refractivity contribution in [2.75, 3.05) is 26.3 Å². The molecule has 1 aliphatic heterocycles. The predicted octanol–water partition coefficient (Wildman–Crippen LogP) is 4.20. The summed E-state index contributed by atoms with van der Waals surface area (Å²) in [5.74, 6) is 0.166. The van der Waals surface area contributed by atoms with Crippen molar-refractivity contribution in [3.05, 3.63) is 63.4 Å². The molecule has 26 heavy (non-hydrogen) atoms. The molecule has 2 aromatic rings. The van der Waals surface area contributed by atoms with Crippen LogP contribution in [0.3, 0.4) is 0 Å². The number of rotatable bonds is 2. The van der Waals surface area contributed by atoms with E-state index in [4.69, 9.17) is 4.74 Å². The molecule has 0 bridgehead atoms. The van der Waals surface area contributed by atoms with Gasteiger partial charge in [0.25, 0.3) is 0 Å². The minimum atomic E-state index is 0.166. The number of aromatic nitrogens is 1. The molecule has 2 aliphatic carbocycles. The van der Waals surface area contributed by atoms with Gasteiger partial charge >= 0.3 is 0 Å². The molecule has 0 amide bonds. The Morgan fingerprint density at radius 1 is 1.15 bits per heavy atom. The number of benzene rings is 1. The van der Waals surface area contributed by atoms with Crippen molar-refractivity contribution in [2.24, 2.45) is 0 Å². The molecule has 4 nitrogen and oxygen atoms in total. The Morgan fingerprint density at radius 3 is 2.85 bits per heavy atom. The van der Waals surface area contributed by atoms with Gasteiger partial charge in [-0.2, -0.15) is 0 Å². The molecule has 0 saturated carbocycles. The molecular formula is C21H19BrN2O2. The van der Waals surface area contributed by atoms with E-state index in [1.807, 2.05) is 12.3 Å². The Labute approximate surface area is 160 Å². The van der Waals surface area contributed by atoms with Crippen LogP contribution in [0.2, 0.25) is 0 Å². The maximum absolute atomic E-state index is 12.7. The molecule has 1 fully saturated rings. The summed E-state index contributed by atoms with van der Waals surface area (Å²) >= 11 is 3.68. The summed E-state index contributed by atoms with van der Waals surface area (Å²) in [6.07, 6.45) is 7.56. The van der Waals surface area contributed by atoms with Gasteiger partial charge in [-0.1, -0.05) is 22.0 Å². The zero-order valence-corrected chi connectivity index (χ0v) is 15.9. The lowest BCUT2D eigenvalue weighted by molar-refractivity contribution is -0.111. The summed E-state index contributed by atoms with van der Waals surface area (Å²) in [4.78, 5) is 18.3. The number of aromatic amines is 1. The lowest BCUT2D eigenvalue weighted by Crippen LogP contribution is -2.36. The van der Waals surface area contributed by atoms with Crippen molar-refractivity contribution in [1.29, 1.82) is 0 Å². The van der Waals surface area contributed by atoms with Crippen molar-refractivity contribution < 1.29 is 9.53 Å². The molecule has 2 heterocycles. The zero-order valence-electron chi connectivity index (χ0n) is 14.3. The Morgan fingerprint density at radius 2 is 2.00 bits per heavy atom. The highest BCUT2D eigenvalue weighted by Gasteiger charge is 2.30. The van der Waals surface area contributed by atoms with Crippen LogP contribution in [0.25, 0.3) is 16.5 Å². The minimum absolute atomic E-state index is 0.166. The molecule has 0 atom stereocenters. The summed E-state index contributed by atoms with van der Waals surface area (Å²) in [7, 11) is 0. The normalized spacial score (nSPS) is 20.5. The van der Waals surface area contributed by atoms with Gasteiger partial charge in [0.2, 0.25) is 0 Å². The molecule has 1 N–H and O–H groups in total. The summed E-state index contributed by atoms with van der Waals surface area (Å²) in [6.45, 7) is 3.19. The number of halogens is 1. The van der Waals surface area contributed by atoms with Crippen molar-refractivity contribution in [3.63, 3.8) is 0 Å². The van der Waals surface area contributed by atoms with Gasteiger partial charge in [0.15, 0.2) is 5.78 Å². The van der Waals surface area contributed by atoms with E-state index < -0.39 is 0 Å². The van der Waals surface area contributed by atoms with Crippen molar-refractivity contribution in [2.45, 2.75) is 12.8 Å². The first-order valence-corrected chi connectivity index (χ1v) is 9.77. The third kappa shape index (κ3) is 2.58. The van der Waals surface area contributed by atoms with Crippen molar-refractivity contribution in [1.82, 2.24) is 9.88 Å². The molecule has 0 spiro atoms. The van der Waals surface area contributed by atoms with Crippen LogP contribution in [0.5, 0.6) is 0 Å². The highest BCUT2D eigenvalue weighted by atomic mass is 79.9. The van der Waals surface area contributed by atoms with Gasteiger partial charge < -0.3 is 14.6 Å². The largest absolute Gasteiger partial charge is 0.378 e. The number of nitrogens with one attached hydrogen (secondary N) is 1. The van der Waals surface area contributed by atoms with E-state index in [2.05, 4.69) is 50.1 Å². The number of carbonyl (C=O) groups excluding carboxylic acids is 1. The first-order valence-electron chi connectivity index (χ1n) is 8.98. The van der Waals surface area contributed by atoms with Crippen molar-refractivity contribution >= 4 is 38.2 Å². The number of morpholine rings is 1. The Balaban J connectivity index is 1.50. The summed E-state index contributed by atoms with van der Waals surface area (Å²) in [5.41, 5.74) is 6.74. The summed E-state index contributed by atoms with van der Waals surface area (Å²) in [6, 6.07) is 6.41. The molecule has 1 saturated heterocycles. The van der Waals surface area contributed by atoms with E-state index in [1.165, 1.54) is 16.5 Å². The zero-order chi connectivity index (χ0) is 17.7. The van der Waals surface area contributed by atoms with E-state index in [0.29, 0.717) is 0 Å². The number of H-pyrrole nitrogens is 1. The Kier molecular flexibility index (Phi) is 3.87. The summed E-state index contributed by atoms with van der Waals surface area (Å²) < 4.78 is 6.53. The van der Waals surface area contributed by atoms with Gasteiger partial charge in [-0.15, -0.1) is 0 Å². The summed E-state index contributed by atoms with van der Waals surface area (Å²) in [5, 5.41) is 1.18. The minimum Gasteiger partial charge on any atom is -0.378 e. The van der Waals surface area contributed by atoms with Gasteiger partial charge in [0.05, 0.1) is 13.2 Å². The van der Waals surface area contributed by atoms with Crippen LogP contribution in [0.1, 0.15) is 18.4 Å². The van der Waals surface area contributed by atoms with Gasteiger partial charge in [-0.05, 0) is 41.3 Å². The van der Waals surface area contributed by atoms with Gasteiger partial charge in [0.1, 0.15) is 0 Å². The molecule has 5 rings (SSSR count). The topological polar surface area (TPSA) is 45.3 Å². The molecule has 0 unspecified atom stereocenters. The van der Waals surface area contributed by atoms with E-state index in [-0.39, 0.29) is 5.78 Å². The smallest absolute Gasteiger partial charge is 0.184 e. The van der Waals surface area contributed by atoms with E-state index in [1.54, 1.807) is 0 Å². The predicted molar refractivity (Wildman–Crippen MR) is 106 cm³/mol. The van der Waals surface area contributed by atoms with Crippen LogP contribution in [-0.2, 0) is 9.53 Å².